The third kappa shape index (κ3) is 3.05. The molecule has 2 rings (SSSR count). The van der Waals surface area contributed by atoms with E-state index in [1.165, 1.54) is 17.0 Å². The fraction of sp³-hybridized carbons (Fsp3) is 0.231. The van der Waals surface area contributed by atoms with Crippen molar-refractivity contribution in [1.82, 2.24) is 0 Å². The molecular weight excluding hydrogens is 237 g/mol. The zero-order valence-electron chi connectivity index (χ0n) is 9.52. The molecule has 1 aromatic heterocycles. The van der Waals surface area contributed by atoms with Crippen LogP contribution in [0.2, 0.25) is 0 Å². The third-order valence-electron chi connectivity index (χ3n) is 2.37. The molecule has 4 heteroatoms. The lowest BCUT2D eigenvalue weighted by molar-refractivity contribution is 0.217. The van der Waals surface area contributed by atoms with Crippen molar-refractivity contribution in [3.05, 3.63) is 52.0 Å². The largest absolute Gasteiger partial charge is 0.483 e. The molecule has 2 N–H and O–H groups in total. The molecule has 0 spiro atoms. The van der Waals surface area contributed by atoms with Crippen LogP contribution in [0.3, 0.4) is 0 Å². The first-order chi connectivity index (χ1) is 8.19. The predicted molar refractivity (Wildman–Crippen MR) is 67.9 cm³/mol. The van der Waals surface area contributed by atoms with E-state index in [2.05, 4.69) is 0 Å². The normalized spacial score (nSPS) is 12.4. The van der Waals surface area contributed by atoms with Crippen LogP contribution in [0.25, 0.3) is 0 Å². The highest BCUT2D eigenvalue weighted by Crippen LogP contribution is 2.27. The number of benzene rings is 1. The van der Waals surface area contributed by atoms with Gasteiger partial charge in [-0.2, -0.15) is 0 Å². The minimum Gasteiger partial charge on any atom is -0.483 e. The molecule has 0 radical (unpaired) electrons. The number of hydrogen-bond acceptors (Lipinski definition) is 3. The summed E-state index contributed by atoms with van der Waals surface area (Å²) in [5.74, 6) is 0.201. The summed E-state index contributed by atoms with van der Waals surface area (Å²) in [7, 11) is 0. The van der Waals surface area contributed by atoms with Crippen LogP contribution in [-0.4, -0.2) is 6.54 Å². The summed E-state index contributed by atoms with van der Waals surface area (Å²) < 4.78 is 18.7. The zero-order valence-corrected chi connectivity index (χ0v) is 10.3. The maximum absolute atomic E-state index is 13.0. The van der Waals surface area contributed by atoms with Gasteiger partial charge in [-0.1, -0.05) is 6.07 Å². The van der Waals surface area contributed by atoms with Crippen molar-refractivity contribution in [2.75, 3.05) is 6.54 Å². The van der Waals surface area contributed by atoms with Crippen molar-refractivity contribution >= 4 is 11.3 Å². The Kier molecular flexibility index (Phi) is 3.76. The maximum atomic E-state index is 13.0. The monoisotopic (exact) mass is 251 g/mol. The van der Waals surface area contributed by atoms with Gasteiger partial charge in [0.05, 0.1) is 0 Å². The highest BCUT2D eigenvalue weighted by Gasteiger charge is 2.13. The van der Waals surface area contributed by atoms with Gasteiger partial charge in [0, 0.05) is 22.4 Å². The average molecular weight is 251 g/mol. The van der Waals surface area contributed by atoms with Crippen LogP contribution in [0.1, 0.15) is 15.9 Å². The molecule has 17 heavy (non-hydrogen) atoms. The Morgan fingerprint density at radius 2 is 2.18 bits per heavy atom. The van der Waals surface area contributed by atoms with Gasteiger partial charge in [0.25, 0.3) is 0 Å². The number of nitrogens with two attached hydrogens (primary N) is 1. The van der Waals surface area contributed by atoms with Gasteiger partial charge in [-0.05, 0) is 31.2 Å². The second-order valence-corrected chi connectivity index (χ2v) is 5.07. The number of halogens is 1. The molecule has 0 bridgehead atoms. The van der Waals surface area contributed by atoms with Crippen molar-refractivity contribution in [2.24, 2.45) is 5.73 Å². The molecule has 90 valence electrons. The lowest BCUT2D eigenvalue weighted by Crippen LogP contribution is -2.17. The third-order valence-corrected chi connectivity index (χ3v) is 3.46. The molecular formula is C13H14FNOS. The first-order valence-electron chi connectivity index (χ1n) is 5.37. The fourth-order valence-corrected chi connectivity index (χ4v) is 2.47. The van der Waals surface area contributed by atoms with Crippen molar-refractivity contribution in [1.29, 1.82) is 0 Å². The maximum Gasteiger partial charge on any atom is 0.145 e. The van der Waals surface area contributed by atoms with Gasteiger partial charge in [-0.25, -0.2) is 4.39 Å². The Bertz CT molecular complexity index is 498. The molecule has 0 saturated carbocycles. The van der Waals surface area contributed by atoms with Gasteiger partial charge in [0.15, 0.2) is 0 Å². The van der Waals surface area contributed by atoms with Gasteiger partial charge < -0.3 is 10.5 Å². The molecule has 1 aromatic carbocycles. The Morgan fingerprint density at radius 1 is 1.35 bits per heavy atom. The van der Waals surface area contributed by atoms with E-state index in [-0.39, 0.29) is 11.9 Å². The number of hydrogen-bond donors (Lipinski definition) is 1. The standard InChI is InChI=1S/C13H14FNOS/c1-9-5-6-13(17-9)12(8-15)16-11-4-2-3-10(14)7-11/h2-7,12H,8,15H2,1H3. The first kappa shape index (κ1) is 12.1. The summed E-state index contributed by atoms with van der Waals surface area (Å²) in [6, 6.07) is 10.1. The van der Waals surface area contributed by atoms with E-state index in [0.717, 1.165) is 4.88 Å². The second kappa shape index (κ2) is 5.29. The summed E-state index contributed by atoms with van der Waals surface area (Å²) in [6.45, 7) is 2.40. The van der Waals surface area contributed by atoms with E-state index in [9.17, 15) is 4.39 Å². The van der Waals surface area contributed by atoms with E-state index in [1.807, 2.05) is 19.1 Å². The Labute approximate surface area is 104 Å². The molecule has 0 aliphatic heterocycles. The van der Waals surface area contributed by atoms with Crippen LogP contribution in [-0.2, 0) is 0 Å². The quantitative estimate of drug-likeness (QED) is 0.905. The lowest BCUT2D eigenvalue weighted by atomic mass is 10.2. The molecule has 1 unspecified atom stereocenters. The zero-order chi connectivity index (χ0) is 12.3. The Morgan fingerprint density at radius 3 is 2.76 bits per heavy atom. The van der Waals surface area contributed by atoms with Crippen LogP contribution < -0.4 is 10.5 Å². The van der Waals surface area contributed by atoms with E-state index in [1.54, 1.807) is 23.5 Å². The van der Waals surface area contributed by atoms with Gasteiger partial charge in [0.2, 0.25) is 0 Å². The fourth-order valence-electron chi connectivity index (χ4n) is 1.55. The van der Waals surface area contributed by atoms with Crippen LogP contribution in [0, 0.1) is 12.7 Å². The van der Waals surface area contributed by atoms with Crippen molar-refractivity contribution in [3.63, 3.8) is 0 Å². The topological polar surface area (TPSA) is 35.2 Å². The van der Waals surface area contributed by atoms with Crippen LogP contribution in [0.4, 0.5) is 4.39 Å². The predicted octanol–water partition coefficient (Wildman–Crippen LogP) is 3.27. The molecule has 2 nitrogen and oxygen atoms in total. The van der Waals surface area contributed by atoms with Crippen molar-refractivity contribution < 1.29 is 9.13 Å². The number of ether oxygens (including phenoxy) is 1. The minimum absolute atomic E-state index is 0.213. The summed E-state index contributed by atoms with van der Waals surface area (Å²) >= 11 is 1.65. The van der Waals surface area contributed by atoms with E-state index in [4.69, 9.17) is 10.5 Å². The van der Waals surface area contributed by atoms with Crippen LogP contribution >= 0.6 is 11.3 Å². The Hall–Kier alpha value is -1.39. The second-order valence-electron chi connectivity index (χ2n) is 3.75. The summed E-state index contributed by atoms with van der Waals surface area (Å²) in [4.78, 5) is 2.27. The molecule has 2 aromatic rings. The number of thiophene rings is 1. The smallest absolute Gasteiger partial charge is 0.145 e. The van der Waals surface area contributed by atoms with E-state index < -0.39 is 0 Å². The summed E-state index contributed by atoms with van der Waals surface area (Å²) in [5.41, 5.74) is 5.69. The Balaban J connectivity index is 2.15. The van der Waals surface area contributed by atoms with Gasteiger partial charge in [-0.3, -0.25) is 0 Å². The molecule has 0 saturated heterocycles. The number of rotatable bonds is 4. The van der Waals surface area contributed by atoms with Crippen molar-refractivity contribution in [2.45, 2.75) is 13.0 Å². The van der Waals surface area contributed by atoms with Crippen molar-refractivity contribution in [3.8, 4) is 5.75 Å². The van der Waals surface area contributed by atoms with E-state index in [0.29, 0.717) is 12.3 Å². The molecule has 0 fully saturated rings. The van der Waals surface area contributed by atoms with Crippen LogP contribution in [0.15, 0.2) is 36.4 Å². The van der Waals surface area contributed by atoms with Crippen LogP contribution in [0.5, 0.6) is 5.75 Å². The first-order valence-corrected chi connectivity index (χ1v) is 6.19. The SMILES string of the molecule is Cc1ccc(C(CN)Oc2cccc(F)c2)s1. The molecule has 0 amide bonds. The molecule has 0 aliphatic rings. The highest BCUT2D eigenvalue weighted by atomic mass is 32.1. The number of aryl methyl sites for hydroxylation is 1. The van der Waals surface area contributed by atoms with Gasteiger partial charge >= 0.3 is 0 Å². The highest BCUT2D eigenvalue weighted by molar-refractivity contribution is 7.12. The van der Waals surface area contributed by atoms with Gasteiger partial charge in [-0.15, -0.1) is 11.3 Å². The van der Waals surface area contributed by atoms with E-state index >= 15 is 0 Å². The summed E-state index contributed by atoms with van der Waals surface area (Å²) in [5, 5.41) is 0. The minimum atomic E-state index is -0.305. The average Bonchev–Trinajstić information content (AvgIpc) is 2.73. The van der Waals surface area contributed by atoms with Gasteiger partial charge in [0.1, 0.15) is 17.7 Å². The summed E-state index contributed by atoms with van der Waals surface area (Å²) in [6.07, 6.45) is -0.213. The molecule has 1 atom stereocenters. The molecule has 0 aliphatic carbocycles. The molecule has 1 heterocycles. The lowest BCUT2D eigenvalue weighted by Gasteiger charge is -2.15.